The molecule has 0 atom stereocenters. The summed E-state index contributed by atoms with van der Waals surface area (Å²) in [5.41, 5.74) is 13.0. The van der Waals surface area contributed by atoms with Crippen LogP contribution in [-0.2, 0) is 6.61 Å². The molecule has 10 heteroatoms. The second kappa shape index (κ2) is 8.87. The third-order valence-corrected chi connectivity index (χ3v) is 3.97. The smallest absolute Gasteiger partial charge is 0.199 e. The first-order valence-electron chi connectivity index (χ1n) is 8.07. The van der Waals surface area contributed by atoms with Crippen molar-refractivity contribution in [3.63, 3.8) is 0 Å². The van der Waals surface area contributed by atoms with Crippen molar-refractivity contribution in [1.82, 2.24) is 10.3 Å². The van der Waals surface area contributed by atoms with Gasteiger partial charge in [-0.15, -0.1) is 5.10 Å². The lowest BCUT2D eigenvalue weighted by Crippen LogP contribution is -2.15. The minimum atomic E-state index is -0.00853. The number of anilines is 1. The van der Waals surface area contributed by atoms with Gasteiger partial charge in [0.15, 0.2) is 17.3 Å². The zero-order valence-electron chi connectivity index (χ0n) is 14.9. The van der Waals surface area contributed by atoms with Gasteiger partial charge < -0.3 is 20.9 Å². The minimum absolute atomic E-state index is 0.00853. The van der Waals surface area contributed by atoms with Gasteiger partial charge in [0.1, 0.15) is 18.1 Å². The Hall–Kier alpha value is -3.59. The van der Waals surface area contributed by atoms with E-state index in [0.717, 1.165) is 11.1 Å². The normalized spacial score (nSPS) is 11.7. The topological polar surface area (TPSA) is 134 Å². The molecule has 0 fully saturated rings. The summed E-state index contributed by atoms with van der Waals surface area (Å²) in [5.74, 6) is 1.29. The van der Waals surface area contributed by atoms with Crippen LogP contribution >= 0.6 is 11.6 Å². The van der Waals surface area contributed by atoms with Gasteiger partial charge in [0.25, 0.3) is 0 Å². The van der Waals surface area contributed by atoms with Gasteiger partial charge in [-0.3, -0.25) is 0 Å². The Balaban J connectivity index is 1.75. The van der Waals surface area contributed by atoms with Crippen molar-refractivity contribution in [1.29, 1.82) is 0 Å². The number of aromatic nitrogens is 2. The molecule has 2 aromatic carbocycles. The molecular weight excluding hydrogens is 384 g/mol. The molecule has 1 heterocycles. The molecule has 28 heavy (non-hydrogen) atoms. The molecule has 144 valence electrons. The number of para-hydroxylation sites is 1. The largest absolute Gasteiger partial charge is 0.496 e. The Morgan fingerprint density at radius 1 is 1.21 bits per heavy atom. The lowest BCUT2D eigenvalue weighted by Gasteiger charge is -2.12. The number of amidine groups is 1. The molecule has 0 aliphatic carbocycles. The molecule has 0 radical (unpaired) electrons. The van der Waals surface area contributed by atoms with Crippen molar-refractivity contribution in [2.45, 2.75) is 6.61 Å². The quantitative estimate of drug-likeness (QED) is 0.353. The first-order chi connectivity index (χ1) is 13.6. The molecular formula is C18H17ClN6O3. The predicted molar refractivity (Wildman–Crippen MR) is 106 cm³/mol. The zero-order valence-corrected chi connectivity index (χ0v) is 15.6. The van der Waals surface area contributed by atoms with Crippen molar-refractivity contribution in [2.75, 3.05) is 12.8 Å². The molecule has 0 saturated carbocycles. The fourth-order valence-corrected chi connectivity index (χ4v) is 2.48. The number of nitrogens with two attached hydrogens (primary N) is 2. The van der Waals surface area contributed by atoms with Gasteiger partial charge in [0.2, 0.25) is 0 Å². The highest BCUT2D eigenvalue weighted by atomic mass is 35.5. The van der Waals surface area contributed by atoms with Crippen LogP contribution in [-0.4, -0.2) is 29.5 Å². The van der Waals surface area contributed by atoms with Gasteiger partial charge in [-0.1, -0.05) is 23.7 Å². The summed E-state index contributed by atoms with van der Waals surface area (Å²) < 4.78 is 15.6. The van der Waals surface area contributed by atoms with E-state index in [9.17, 15) is 0 Å². The molecule has 0 saturated heterocycles. The summed E-state index contributed by atoms with van der Waals surface area (Å²) in [4.78, 5) is 0. The van der Waals surface area contributed by atoms with Gasteiger partial charge >= 0.3 is 0 Å². The molecule has 9 nitrogen and oxygen atoms in total. The number of nitrogens with zero attached hydrogens (tertiary/aromatic N) is 4. The number of halogens is 1. The Bertz CT molecular complexity index is 1020. The number of hydrogen-bond acceptors (Lipinski definition) is 8. The minimum Gasteiger partial charge on any atom is -0.496 e. The standard InChI is InChI=1S/C18H17ClN6O3/c1-26-14-7-6-11(9-22-23-17(20)16-18(21)25-28-24-16)8-12(14)10-27-15-5-3-2-4-13(15)19/h2-9H,10H2,1H3,(H2,20,23)(H2,21,25)/b22-9+. The van der Waals surface area contributed by atoms with Crippen LogP contribution in [0.5, 0.6) is 11.5 Å². The van der Waals surface area contributed by atoms with Crippen LogP contribution in [0.25, 0.3) is 0 Å². The van der Waals surface area contributed by atoms with Gasteiger partial charge in [-0.2, -0.15) is 5.10 Å². The molecule has 0 bridgehead atoms. The van der Waals surface area contributed by atoms with Gasteiger partial charge in [-0.05, 0) is 46.2 Å². The van der Waals surface area contributed by atoms with Gasteiger partial charge in [0, 0.05) is 5.56 Å². The second-order valence-corrected chi connectivity index (χ2v) is 5.93. The molecule has 3 rings (SSSR count). The Morgan fingerprint density at radius 2 is 2.04 bits per heavy atom. The highest BCUT2D eigenvalue weighted by Crippen LogP contribution is 2.26. The van der Waals surface area contributed by atoms with Crippen molar-refractivity contribution >= 4 is 29.5 Å². The zero-order chi connectivity index (χ0) is 19.9. The van der Waals surface area contributed by atoms with E-state index >= 15 is 0 Å². The first-order valence-corrected chi connectivity index (χ1v) is 8.45. The average molecular weight is 401 g/mol. The summed E-state index contributed by atoms with van der Waals surface area (Å²) in [5, 5.41) is 15.3. The maximum absolute atomic E-state index is 6.12. The van der Waals surface area contributed by atoms with Crippen LogP contribution in [0, 0.1) is 0 Å². The Labute approximate surface area is 165 Å². The Kier molecular flexibility index (Phi) is 6.07. The van der Waals surface area contributed by atoms with E-state index in [1.807, 2.05) is 24.3 Å². The maximum atomic E-state index is 6.12. The van der Waals surface area contributed by atoms with E-state index in [0.29, 0.717) is 16.5 Å². The predicted octanol–water partition coefficient (Wildman–Crippen LogP) is 2.63. The molecule has 3 aromatic rings. The average Bonchev–Trinajstić information content (AvgIpc) is 3.13. The summed E-state index contributed by atoms with van der Waals surface area (Å²) >= 11 is 6.12. The first kappa shape index (κ1) is 19.2. The van der Waals surface area contributed by atoms with Crippen LogP contribution in [0.15, 0.2) is 57.3 Å². The fraction of sp³-hybridized carbons (Fsp3) is 0.111. The molecule has 0 unspecified atom stereocenters. The molecule has 0 amide bonds. The molecule has 1 aromatic heterocycles. The van der Waals surface area contributed by atoms with Crippen LogP contribution in [0.4, 0.5) is 5.82 Å². The second-order valence-electron chi connectivity index (χ2n) is 5.52. The van der Waals surface area contributed by atoms with Gasteiger partial charge in [-0.25, -0.2) is 4.63 Å². The van der Waals surface area contributed by atoms with Crippen molar-refractivity contribution in [2.24, 2.45) is 15.9 Å². The number of methoxy groups -OCH3 is 1. The van der Waals surface area contributed by atoms with Crippen molar-refractivity contribution in [3.05, 3.63) is 64.3 Å². The van der Waals surface area contributed by atoms with E-state index in [1.54, 1.807) is 25.3 Å². The monoisotopic (exact) mass is 400 g/mol. The fourth-order valence-electron chi connectivity index (χ4n) is 2.29. The van der Waals surface area contributed by atoms with E-state index < -0.39 is 0 Å². The van der Waals surface area contributed by atoms with E-state index in [4.69, 9.17) is 32.5 Å². The van der Waals surface area contributed by atoms with Crippen LogP contribution in [0.2, 0.25) is 5.02 Å². The third-order valence-electron chi connectivity index (χ3n) is 3.65. The number of benzene rings is 2. The van der Waals surface area contributed by atoms with Crippen LogP contribution < -0.4 is 20.9 Å². The highest BCUT2D eigenvalue weighted by molar-refractivity contribution is 6.32. The van der Waals surface area contributed by atoms with E-state index in [2.05, 4.69) is 25.1 Å². The van der Waals surface area contributed by atoms with E-state index in [-0.39, 0.29) is 24.0 Å². The number of nitrogen functional groups attached to an aromatic ring is 1. The third kappa shape index (κ3) is 4.57. The van der Waals surface area contributed by atoms with Crippen molar-refractivity contribution < 1.29 is 14.1 Å². The molecule has 0 aliphatic rings. The molecule has 4 N–H and O–H groups in total. The maximum Gasteiger partial charge on any atom is 0.199 e. The highest BCUT2D eigenvalue weighted by Gasteiger charge is 2.10. The molecule has 0 spiro atoms. The summed E-state index contributed by atoms with van der Waals surface area (Å²) in [6, 6.07) is 12.7. The number of rotatable bonds is 7. The van der Waals surface area contributed by atoms with Crippen LogP contribution in [0.3, 0.4) is 0 Å². The van der Waals surface area contributed by atoms with Crippen LogP contribution in [0.1, 0.15) is 16.8 Å². The van der Waals surface area contributed by atoms with Crippen molar-refractivity contribution in [3.8, 4) is 11.5 Å². The number of ether oxygens (including phenoxy) is 2. The summed E-state index contributed by atoms with van der Waals surface area (Å²) in [6.45, 7) is 0.265. The lowest BCUT2D eigenvalue weighted by molar-refractivity contribution is 0.297. The van der Waals surface area contributed by atoms with E-state index in [1.165, 1.54) is 6.21 Å². The summed E-state index contributed by atoms with van der Waals surface area (Å²) in [7, 11) is 1.59. The Morgan fingerprint density at radius 3 is 2.75 bits per heavy atom. The molecule has 0 aliphatic heterocycles. The van der Waals surface area contributed by atoms with Gasteiger partial charge in [0.05, 0.1) is 18.3 Å². The SMILES string of the molecule is COc1ccc(/C=N/N=C(\N)c2nonc2N)cc1COc1ccccc1Cl. The summed E-state index contributed by atoms with van der Waals surface area (Å²) in [6.07, 6.45) is 1.52. The lowest BCUT2D eigenvalue weighted by atomic mass is 10.1. The number of hydrogen-bond donors (Lipinski definition) is 2.